The minimum Gasteiger partial charge on any atom is -0.351 e. The van der Waals surface area contributed by atoms with Gasteiger partial charge in [-0.3, -0.25) is 9.10 Å². The second kappa shape index (κ2) is 8.75. The number of anilines is 1. The Kier molecular flexibility index (Phi) is 6.36. The number of hydrogen-bond donors (Lipinski definition) is 1. The van der Waals surface area contributed by atoms with Gasteiger partial charge in [-0.2, -0.15) is 0 Å². The van der Waals surface area contributed by atoms with Crippen molar-refractivity contribution < 1.29 is 13.2 Å². The van der Waals surface area contributed by atoms with Crippen molar-refractivity contribution in [1.82, 2.24) is 10.2 Å². The SMILES string of the molecule is Cc1ccc(N(C)S(=O)(=O)c2cccc(C(=O)NCCN3CCCC3)c2)cc1. The molecule has 1 fully saturated rings. The van der Waals surface area contributed by atoms with Gasteiger partial charge in [0.1, 0.15) is 0 Å². The highest BCUT2D eigenvalue weighted by molar-refractivity contribution is 7.92. The van der Waals surface area contributed by atoms with Gasteiger partial charge in [-0.15, -0.1) is 0 Å². The fraction of sp³-hybridized carbons (Fsp3) is 0.381. The molecule has 0 unspecified atom stereocenters. The number of rotatable bonds is 7. The second-order valence-electron chi connectivity index (χ2n) is 7.14. The van der Waals surface area contributed by atoms with Gasteiger partial charge < -0.3 is 10.2 Å². The zero-order valence-electron chi connectivity index (χ0n) is 16.4. The van der Waals surface area contributed by atoms with Gasteiger partial charge in [0, 0.05) is 25.7 Å². The molecule has 0 aromatic heterocycles. The van der Waals surface area contributed by atoms with Gasteiger partial charge in [0.05, 0.1) is 10.6 Å². The first-order valence-electron chi connectivity index (χ1n) is 9.54. The van der Waals surface area contributed by atoms with Gasteiger partial charge in [0.15, 0.2) is 0 Å². The zero-order valence-corrected chi connectivity index (χ0v) is 17.2. The smallest absolute Gasteiger partial charge is 0.264 e. The quantitative estimate of drug-likeness (QED) is 0.774. The molecule has 0 atom stereocenters. The lowest BCUT2D eigenvalue weighted by molar-refractivity contribution is 0.0949. The van der Waals surface area contributed by atoms with Crippen LogP contribution in [0.3, 0.4) is 0 Å². The van der Waals surface area contributed by atoms with Gasteiger partial charge in [-0.1, -0.05) is 23.8 Å². The number of nitrogens with zero attached hydrogens (tertiary/aromatic N) is 2. The summed E-state index contributed by atoms with van der Waals surface area (Å²) in [4.78, 5) is 14.9. The molecule has 0 aliphatic carbocycles. The number of benzene rings is 2. The summed E-state index contributed by atoms with van der Waals surface area (Å²) in [6.07, 6.45) is 2.42. The molecule has 28 heavy (non-hydrogen) atoms. The van der Waals surface area contributed by atoms with Crippen LogP contribution in [0.4, 0.5) is 5.69 Å². The minimum atomic E-state index is -3.75. The number of carbonyl (C=O) groups is 1. The van der Waals surface area contributed by atoms with Crippen LogP contribution in [0.2, 0.25) is 0 Å². The maximum absolute atomic E-state index is 13.0. The van der Waals surface area contributed by atoms with Crippen LogP contribution < -0.4 is 9.62 Å². The Morgan fingerprint density at radius 3 is 2.46 bits per heavy atom. The van der Waals surface area contributed by atoms with E-state index in [0.29, 0.717) is 17.8 Å². The normalized spacial score (nSPS) is 14.8. The Labute approximate surface area is 167 Å². The third kappa shape index (κ3) is 4.72. The Morgan fingerprint density at radius 1 is 1.11 bits per heavy atom. The molecule has 0 bridgehead atoms. The fourth-order valence-electron chi connectivity index (χ4n) is 3.29. The number of hydrogen-bond acceptors (Lipinski definition) is 4. The van der Waals surface area contributed by atoms with E-state index in [0.717, 1.165) is 25.2 Å². The molecule has 0 spiro atoms. The summed E-state index contributed by atoms with van der Waals surface area (Å²) in [6, 6.07) is 13.5. The van der Waals surface area contributed by atoms with Crippen LogP contribution in [0.5, 0.6) is 0 Å². The van der Waals surface area contributed by atoms with Crippen LogP contribution in [-0.4, -0.2) is 52.5 Å². The molecule has 1 aliphatic heterocycles. The maximum Gasteiger partial charge on any atom is 0.264 e. The van der Waals surface area contributed by atoms with E-state index >= 15 is 0 Å². The van der Waals surface area contributed by atoms with Crippen LogP contribution in [0.25, 0.3) is 0 Å². The Hall–Kier alpha value is -2.38. The largest absolute Gasteiger partial charge is 0.351 e. The second-order valence-corrected chi connectivity index (χ2v) is 9.11. The van der Waals surface area contributed by atoms with Crippen molar-refractivity contribution in [1.29, 1.82) is 0 Å². The number of aryl methyl sites for hydroxylation is 1. The van der Waals surface area contributed by atoms with Gasteiger partial charge in [0.25, 0.3) is 15.9 Å². The number of nitrogens with one attached hydrogen (secondary N) is 1. The maximum atomic E-state index is 13.0. The molecule has 6 nitrogen and oxygen atoms in total. The average Bonchev–Trinajstić information content (AvgIpc) is 3.21. The third-order valence-electron chi connectivity index (χ3n) is 5.06. The highest BCUT2D eigenvalue weighted by Crippen LogP contribution is 2.23. The molecule has 150 valence electrons. The predicted molar refractivity (Wildman–Crippen MR) is 111 cm³/mol. The molecule has 0 radical (unpaired) electrons. The van der Waals surface area contributed by atoms with Gasteiger partial charge in [-0.25, -0.2) is 8.42 Å². The zero-order chi connectivity index (χ0) is 20.1. The van der Waals surface area contributed by atoms with E-state index in [2.05, 4.69) is 10.2 Å². The first-order chi connectivity index (χ1) is 13.4. The van der Waals surface area contributed by atoms with Gasteiger partial charge in [0.2, 0.25) is 0 Å². The van der Waals surface area contributed by atoms with Crippen molar-refractivity contribution >= 4 is 21.6 Å². The summed E-state index contributed by atoms with van der Waals surface area (Å²) < 4.78 is 27.2. The topological polar surface area (TPSA) is 69.7 Å². The van der Waals surface area contributed by atoms with Crippen molar-refractivity contribution in [2.45, 2.75) is 24.7 Å². The molecular weight excluding hydrogens is 374 g/mol. The monoisotopic (exact) mass is 401 g/mol. The van der Waals surface area contributed by atoms with Crippen molar-refractivity contribution in [3.8, 4) is 0 Å². The highest BCUT2D eigenvalue weighted by Gasteiger charge is 2.22. The van der Waals surface area contributed by atoms with Crippen LogP contribution in [0.1, 0.15) is 28.8 Å². The summed E-state index contributed by atoms with van der Waals surface area (Å²) in [6.45, 7) is 5.48. The van der Waals surface area contributed by atoms with E-state index in [4.69, 9.17) is 0 Å². The Morgan fingerprint density at radius 2 is 1.79 bits per heavy atom. The summed E-state index contributed by atoms with van der Waals surface area (Å²) >= 11 is 0. The van der Waals surface area contributed by atoms with Crippen molar-refractivity contribution in [3.63, 3.8) is 0 Å². The molecule has 1 aliphatic rings. The molecule has 7 heteroatoms. The van der Waals surface area contributed by atoms with E-state index in [1.165, 1.54) is 36.3 Å². The van der Waals surface area contributed by atoms with E-state index < -0.39 is 10.0 Å². The van der Waals surface area contributed by atoms with Crippen LogP contribution >= 0.6 is 0 Å². The number of likely N-dealkylation sites (tertiary alicyclic amines) is 1. The average molecular weight is 402 g/mol. The van der Waals surface area contributed by atoms with Gasteiger partial charge in [-0.05, 0) is 63.2 Å². The predicted octanol–water partition coefficient (Wildman–Crippen LogP) is 2.65. The first kappa shape index (κ1) is 20.4. The summed E-state index contributed by atoms with van der Waals surface area (Å²) in [5.74, 6) is -0.255. The lowest BCUT2D eigenvalue weighted by Gasteiger charge is -2.20. The van der Waals surface area contributed by atoms with Crippen molar-refractivity contribution in [2.24, 2.45) is 0 Å². The van der Waals surface area contributed by atoms with Crippen LogP contribution in [0, 0.1) is 6.92 Å². The van der Waals surface area contributed by atoms with Gasteiger partial charge >= 0.3 is 0 Å². The molecule has 2 aromatic carbocycles. The summed E-state index contributed by atoms with van der Waals surface area (Å²) in [5, 5.41) is 2.88. The molecule has 3 rings (SSSR count). The molecule has 1 amide bonds. The van der Waals surface area contributed by atoms with Crippen molar-refractivity contribution in [3.05, 3.63) is 59.7 Å². The molecule has 2 aromatic rings. The van der Waals surface area contributed by atoms with Crippen LogP contribution in [-0.2, 0) is 10.0 Å². The summed E-state index contributed by atoms with van der Waals surface area (Å²) in [5.41, 5.74) is 1.98. The fourth-order valence-corrected chi connectivity index (χ4v) is 4.53. The molecular formula is C21H27N3O3S. The third-order valence-corrected chi connectivity index (χ3v) is 6.85. The Bertz CT molecular complexity index is 920. The number of carbonyl (C=O) groups excluding carboxylic acids is 1. The molecule has 1 N–H and O–H groups in total. The van der Waals surface area contributed by atoms with E-state index in [9.17, 15) is 13.2 Å². The standard InChI is InChI=1S/C21H27N3O3S/c1-17-8-10-19(11-9-17)23(2)28(26,27)20-7-5-6-18(16-20)21(25)22-12-15-24-13-3-4-14-24/h5-11,16H,3-4,12-15H2,1-2H3,(H,22,25). The summed E-state index contributed by atoms with van der Waals surface area (Å²) in [7, 11) is -2.23. The highest BCUT2D eigenvalue weighted by atomic mass is 32.2. The Balaban J connectivity index is 1.70. The van der Waals surface area contributed by atoms with Crippen molar-refractivity contribution in [2.75, 3.05) is 37.5 Å². The minimum absolute atomic E-state index is 0.0998. The molecule has 1 saturated heterocycles. The molecule has 0 saturated carbocycles. The van der Waals surface area contributed by atoms with E-state index in [1.807, 2.05) is 19.1 Å². The van der Waals surface area contributed by atoms with E-state index in [1.54, 1.807) is 24.3 Å². The lowest BCUT2D eigenvalue weighted by Crippen LogP contribution is -2.33. The van der Waals surface area contributed by atoms with Crippen LogP contribution in [0.15, 0.2) is 53.4 Å². The first-order valence-corrected chi connectivity index (χ1v) is 11.0. The van der Waals surface area contributed by atoms with E-state index in [-0.39, 0.29) is 10.8 Å². The molecule has 1 heterocycles. The lowest BCUT2D eigenvalue weighted by atomic mass is 10.2. The number of amides is 1. The number of sulfonamides is 1.